The predicted octanol–water partition coefficient (Wildman–Crippen LogP) is 1.82. The number of hydrogen-bond acceptors (Lipinski definition) is 4. The van der Waals surface area contributed by atoms with Crippen molar-refractivity contribution in [1.82, 2.24) is 4.98 Å². The zero-order chi connectivity index (χ0) is 15.9. The van der Waals surface area contributed by atoms with Gasteiger partial charge in [-0.15, -0.1) is 0 Å². The van der Waals surface area contributed by atoms with E-state index in [1.165, 1.54) is 20.2 Å². The van der Waals surface area contributed by atoms with Gasteiger partial charge in [0.15, 0.2) is 5.78 Å². The number of aromatic nitrogens is 1. The minimum atomic E-state index is -0.556. The summed E-state index contributed by atoms with van der Waals surface area (Å²) in [5.41, 5.74) is 7.74. The van der Waals surface area contributed by atoms with Crippen LogP contribution in [0.4, 0.5) is 0 Å². The van der Waals surface area contributed by atoms with Crippen molar-refractivity contribution in [2.45, 2.75) is 25.8 Å². The molecule has 0 unspecified atom stereocenters. The number of nitrogens with zero attached hydrogens (tertiary/aromatic N) is 1. The lowest BCUT2D eigenvalue weighted by molar-refractivity contribution is -0.113. The summed E-state index contributed by atoms with van der Waals surface area (Å²) in [6, 6.07) is 3.84. The first-order valence-electron chi connectivity index (χ1n) is 7.10. The predicted molar refractivity (Wildman–Crippen MR) is 83.6 cm³/mol. The van der Waals surface area contributed by atoms with Gasteiger partial charge in [0.2, 0.25) is 5.78 Å². The fourth-order valence-corrected chi connectivity index (χ4v) is 2.44. The lowest BCUT2D eigenvalue weighted by Crippen LogP contribution is -2.15. The van der Waals surface area contributed by atoms with Crippen LogP contribution < -0.4 is 10.5 Å². The van der Waals surface area contributed by atoms with Crippen LogP contribution in [0.1, 0.15) is 35.7 Å². The summed E-state index contributed by atoms with van der Waals surface area (Å²) in [5, 5.41) is 0.564. The molecule has 0 aliphatic heterocycles. The SMILES string of the molecule is COc1ccc(C(N)=NC2CC2)c2[nH]cc(C(=O)C(C)=O)c12. The molecule has 0 saturated heterocycles. The first-order chi connectivity index (χ1) is 10.5. The molecule has 0 spiro atoms. The second kappa shape index (κ2) is 5.29. The van der Waals surface area contributed by atoms with Crippen LogP contribution in [-0.2, 0) is 4.79 Å². The van der Waals surface area contributed by atoms with Gasteiger partial charge in [-0.25, -0.2) is 0 Å². The van der Waals surface area contributed by atoms with Crippen LogP contribution in [0.25, 0.3) is 10.9 Å². The summed E-state index contributed by atoms with van der Waals surface area (Å²) < 4.78 is 5.32. The molecule has 0 bridgehead atoms. The number of ether oxygens (including phenoxy) is 1. The summed E-state index contributed by atoms with van der Waals surface area (Å²) in [6.07, 6.45) is 3.63. The summed E-state index contributed by atoms with van der Waals surface area (Å²) in [5.74, 6) is -0.130. The average Bonchev–Trinajstić information content (AvgIpc) is 3.20. The zero-order valence-corrected chi connectivity index (χ0v) is 12.5. The first kappa shape index (κ1) is 14.3. The molecule has 0 radical (unpaired) electrons. The van der Waals surface area contributed by atoms with E-state index in [2.05, 4.69) is 9.98 Å². The van der Waals surface area contributed by atoms with Gasteiger partial charge in [-0.1, -0.05) is 0 Å². The molecule has 0 atom stereocenters. The van der Waals surface area contributed by atoms with E-state index < -0.39 is 11.6 Å². The number of Topliss-reactive ketones (excluding diaryl/α,β-unsaturated/α-hetero) is 2. The van der Waals surface area contributed by atoms with Crippen LogP contribution in [0.5, 0.6) is 5.75 Å². The molecule has 1 fully saturated rings. The first-order valence-corrected chi connectivity index (χ1v) is 7.10. The van der Waals surface area contributed by atoms with Crippen LogP contribution in [0.15, 0.2) is 23.3 Å². The highest BCUT2D eigenvalue weighted by Crippen LogP contribution is 2.32. The van der Waals surface area contributed by atoms with Gasteiger partial charge in [0.05, 0.1) is 29.6 Å². The molecular weight excluding hydrogens is 282 g/mol. The topological polar surface area (TPSA) is 97.5 Å². The third-order valence-corrected chi connectivity index (χ3v) is 3.73. The molecule has 3 rings (SSSR count). The number of rotatable bonds is 5. The number of aromatic amines is 1. The van der Waals surface area contributed by atoms with Gasteiger partial charge < -0.3 is 15.5 Å². The van der Waals surface area contributed by atoms with E-state index in [0.717, 1.165) is 12.8 Å². The lowest BCUT2D eigenvalue weighted by Gasteiger charge is -2.08. The molecule has 6 nitrogen and oxygen atoms in total. The van der Waals surface area contributed by atoms with Crippen molar-refractivity contribution in [2.75, 3.05) is 7.11 Å². The Morgan fingerprint density at radius 3 is 2.64 bits per heavy atom. The average molecular weight is 299 g/mol. The van der Waals surface area contributed by atoms with Crippen LogP contribution in [-0.4, -0.2) is 35.5 Å². The molecule has 1 aromatic carbocycles. The summed E-state index contributed by atoms with van der Waals surface area (Å²) in [4.78, 5) is 30.9. The molecule has 2 aromatic rings. The molecule has 1 saturated carbocycles. The Bertz CT molecular complexity index is 800. The number of nitrogens with two attached hydrogens (primary N) is 1. The van der Waals surface area contributed by atoms with Gasteiger partial charge in [-0.05, 0) is 25.0 Å². The van der Waals surface area contributed by atoms with Gasteiger partial charge in [-0.2, -0.15) is 0 Å². The fraction of sp³-hybridized carbons (Fsp3) is 0.312. The van der Waals surface area contributed by atoms with E-state index >= 15 is 0 Å². The third kappa shape index (κ3) is 2.36. The minimum absolute atomic E-state index is 0.292. The highest BCUT2D eigenvalue weighted by molar-refractivity contribution is 6.45. The Balaban J connectivity index is 2.21. The van der Waals surface area contributed by atoms with Crippen LogP contribution >= 0.6 is 0 Å². The Kier molecular flexibility index (Phi) is 3.44. The minimum Gasteiger partial charge on any atom is -0.496 e. The number of carbonyl (C=O) groups excluding carboxylic acids is 2. The molecule has 1 aliphatic carbocycles. The van der Waals surface area contributed by atoms with Gasteiger partial charge >= 0.3 is 0 Å². The van der Waals surface area contributed by atoms with E-state index in [1.54, 1.807) is 12.1 Å². The second-order valence-corrected chi connectivity index (χ2v) is 5.40. The van der Waals surface area contributed by atoms with Gasteiger partial charge in [-0.3, -0.25) is 14.6 Å². The third-order valence-electron chi connectivity index (χ3n) is 3.73. The van der Waals surface area contributed by atoms with E-state index in [4.69, 9.17) is 10.5 Å². The molecule has 1 heterocycles. The van der Waals surface area contributed by atoms with Crippen molar-refractivity contribution in [3.8, 4) is 5.75 Å². The number of benzene rings is 1. The van der Waals surface area contributed by atoms with Gasteiger partial charge in [0.1, 0.15) is 11.6 Å². The van der Waals surface area contributed by atoms with Crippen LogP contribution in [0, 0.1) is 0 Å². The number of H-pyrrole nitrogens is 1. The Morgan fingerprint density at radius 1 is 1.32 bits per heavy atom. The molecule has 1 aliphatic rings. The van der Waals surface area contributed by atoms with E-state index in [0.29, 0.717) is 39.7 Å². The van der Waals surface area contributed by atoms with Crippen LogP contribution in [0.3, 0.4) is 0 Å². The zero-order valence-electron chi connectivity index (χ0n) is 12.5. The summed E-state index contributed by atoms with van der Waals surface area (Å²) >= 11 is 0. The molecule has 3 N–H and O–H groups in total. The van der Waals surface area contributed by atoms with Gasteiger partial charge in [0, 0.05) is 18.7 Å². The quantitative estimate of drug-likeness (QED) is 0.381. The molecule has 6 heteroatoms. The number of nitrogens with one attached hydrogen (secondary N) is 1. The normalized spacial score (nSPS) is 15.1. The monoisotopic (exact) mass is 299 g/mol. The number of hydrogen-bond donors (Lipinski definition) is 2. The van der Waals surface area contributed by atoms with Crippen molar-refractivity contribution < 1.29 is 14.3 Å². The van der Waals surface area contributed by atoms with Crippen LogP contribution in [0.2, 0.25) is 0 Å². The Labute approximate surface area is 127 Å². The summed E-state index contributed by atoms with van der Waals surface area (Å²) in [7, 11) is 1.52. The lowest BCUT2D eigenvalue weighted by atomic mass is 10.0. The van der Waals surface area contributed by atoms with Crippen molar-refractivity contribution in [2.24, 2.45) is 10.7 Å². The Hall–Kier alpha value is -2.63. The van der Waals surface area contributed by atoms with Crippen molar-refractivity contribution in [1.29, 1.82) is 0 Å². The smallest absolute Gasteiger partial charge is 0.230 e. The summed E-state index contributed by atoms with van der Waals surface area (Å²) in [6.45, 7) is 1.25. The Morgan fingerprint density at radius 2 is 2.05 bits per heavy atom. The maximum Gasteiger partial charge on any atom is 0.230 e. The molecular formula is C16H17N3O3. The standard InChI is InChI=1S/C16H17N3O3/c1-8(20)15(21)11-7-18-14-10(16(17)19-9-3-4-9)5-6-12(22-2)13(11)14/h5-7,9,18H,3-4H2,1-2H3,(H2,17,19). The van der Waals surface area contributed by atoms with E-state index in [1.807, 2.05) is 0 Å². The van der Waals surface area contributed by atoms with Crippen molar-refractivity contribution in [3.05, 3.63) is 29.5 Å². The van der Waals surface area contributed by atoms with E-state index in [9.17, 15) is 9.59 Å². The number of ketones is 2. The second-order valence-electron chi connectivity index (χ2n) is 5.40. The largest absolute Gasteiger partial charge is 0.496 e. The maximum absolute atomic E-state index is 12.1. The van der Waals surface area contributed by atoms with E-state index in [-0.39, 0.29) is 0 Å². The number of aliphatic imine (C=N–C) groups is 1. The number of carbonyl (C=O) groups is 2. The number of amidine groups is 1. The number of fused-ring (bicyclic) bond motifs is 1. The van der Waals surface area contributed by atoms with Crippen molar-refractivity contribution >= 4 is 28.3 Å². The van der Waals surface area contributed by atoms with Crippen molar-refractivity contribution in [3.63, 3.8) is 0 Å². The molecule has 114 valence electrons. The molecule has 0 amide bonds. The molecule has 1 aromatic heterocycles. The maximum atomic E-state index is 12.1. The highest BCUT2D eigenvalue weighted by Gasteiger charge is 2.24. The number of methoxy groups -OCH3 is 1. The van der Waals surface area contributed by atoms with Gasteiger partial charge in [0.25, 0.3) is 0 Å². The highest BCUT2D eigenvalue weighted by atomic mass is 16.5. The fourth-order valence-electron chi connectivity index (χ4n) is 2.44. The molecule has 22 heavy (non-hydrogen) atoms.